The first-order chi connectivity index (χ1) is 9.24. The van der Waals surface area contributed by atoms with E-state index in [2.05, 4.69) is 15.0 Å². The molecule has 0 saturated carbocycles. The molecular weight excluding hydrogens is 244 g/mol. The van der Waals surface area contributed by atoms with Crippen LogP contribution in [0.3, 0.4) is 0 Å². The Kier molecular flexibility index (Phi) is 1.76. The van der Waals surface area contributed by atoms with Gasteiger partial charge in [0.05, 0.1) is 33.6 Å². The van der Waals surface area contributed by atoms with Crippen LogP contribution in [0, 0.1) is 0 Å². The molecule has 19 heavy (non-hydrogen) atoms. The summed E-state index contributed by atoms with van der Waals surface area (Å²) in [5.74, 6) is 0. The Morgan fingerprint density at radius 3 is 2.79 bits per heavy atom. The van der Waals surface area contributed by atoms with Crippen LogP contribution < -0.4 is 11.2 Å². The van der Waals surface area contributed by atoms with Crippen LogP contribution in [-0.2, 0) is 0 Å². The van der Waals surface area contributed by atoms with E-state index in [9.17, 15) is 9.59 Å². The molecule has 0 aliphatic carbocycles. The van der Waals surface area contributed by atoms with Crippen LogP contribution in [0.5, 0.6) is 0 Å². The van der Waals surface area contributed by atoms with Crippen molar-refractivity contribution in [3.63, 3.8) is 0 Å². The second kappa shape index (κ2) is 3.32. The first-order valence-electron chi connectivity index (χ1n) is 5.75. The van der Waals surface area contributed by atoms with Crippen LogP contribution in [0.2, 0.25) is 0 Å². The highest BCUT2D eigenvalue weighted by molar-refractivity contribution is 5.96. The van der Waals surface area contributed by atoms with Crippen LogP contribution >= 0.6 is 0 Å². The SMILES string of the molecule is O=c1[nH]c(=O)c2cn3c4ccccc4ncc3c2[nH]1. The maximum Gasteiger partial charge on any atom is 0.326 e. The molecule has 4 aromatic rings. The summed E-state index contributed by atoms with van der Waals surface area (Å²) < 4.78 is 1.86. The number of nitrogens with one attached hydrogen (secondary N) is 2. The third-order valence-corrected chi connectivity index (χ3v) is 3.22. The predicted molar refractivity (Wildman–Crippen MR) is 71.4 cm³/mol. The molecule has 6 heteroatoms. The number of hydrogen-bond acceptors (Lipinski definition) is 3. The zero-order chi connectivity index (χ0) is 13.0. The molecule has 0 aliphatic heterocycles. The van der Waals surface area contributed by atoms with Crippen LogP contribution in [0.4, 0.5) is 0 Å². The van der Waals surface area contributed by atoms with Crippen molar-refractivity contribution in [2.45, 2.75) is 0 Å². The average Bonchev–Trinajstić information content (AvgIpc) is 2.78. The summed E-state index contributed by atoms with van der Waals surface area (Å²) in [5.41, 5.74) is 2.01. The smallest absolute Gasteiger partial charge is 0.311 e. The Morgan fingerprint density at radius 2 is 1.89 bits per heavy atom. The molecule has 0 atom stereocenters. The third-order valence-electron chi connectivity index (χ3n) is 3.22. The number of H-pyrrole nitrogens is 2. The lowest BCUT2D eigenvalue weighted by Crippen LogP contribution is -2.20. The first-order valence-corrected chi connectivity index (χ1v) is 5.75. The Balaban J connectivity index is 2.38. The molecule has 0 amide bonds. The van der Waals surface area contributed by atoms with Crippen LogP contribution in [-0.4, -0.2) is 19.4 Å². The van der Waals surface area contributed by atoms with Crippen molar-refractivity contribution in [2.24, 2.45) is 0 Å². The van der Waals surface area contributed by atoms with Gasteiger partial charge in [-0.2, -0.15) is 0 Å². The first kappa shape index (κ1) is 10.1. The highest BCUT2D eigenvalue weighted by atomic mass is 16.2. The van der Waals surface area contributed by atoms with Gasteiger partial charge in [-0.3, -0.25) is 14.8 Å². The minimum absolute atomic E-state index is 0.397. The van der Waals surface area contributed by atoms with Gasteiger partial charge in [0.2, 0.25) is 0 Å². The average molecular weight is 252 g/mol. The van der Waals surface area contributed by atoms with E-state index in [1.807, 2.05) is 28.7 Å². The van der Waals surface area contributed by atoms with Gasteiger partial charge >= 0.3 is 5.69 Å². The molecule has 3 aromatic heterocycles. The fourth-order valence-corrected chi connectivity index (χ4v) is 2.37. The molecule has 0 saturated heterocycles. The van der Waals surface area contributed by atoms with Crippen molar-refractivity contribution in [1.82, 2.24) is 19.4 Å². The normalized spacial score (nSPS) is 11.6. The summed E-state index contributed by atoms with van der Waals surface area (Å²) >= 11 is 0. The molecule has 2 N–H and O–H groups in total. The number of fused-ring (bicyclic) bond motifs is 5. The van der Waals surface area contributed by atoms with Gasteiger partial charge in [0.25, 0.3) is 5.56 Å². The Hall–Kier alpha value is -2.89. The molecule has 0 spiro atoms. The van der Waals surface area contributed by atoms with Gasteiger partial charge in [0.1, 0.15) is 0 Å². The van der Waals surface area contributed by atoms with Crippen LogP contribution in [0.15, 0.2) is 46.2 Å². The summed E-state index contributed by atoms with van der Waals surface area (Å²) in [6.07, 6.45) is 3.36. The van der Waals surface area contributed by atoms with E-state index in [0.717, 1.165) is 11.0 Å². The van der Waals surface area contributed by atoms with E-state index in [1.54, 1.807) is 12.4 Å². The number of benzene rings is 1. The number of rotatable bonds is 0. The number of para-hydroxylation sites is 2. The van der Waals surface area contributed by atoms with Gasteiger partial charge in [-0.1, -0.05) is 12.1 Å². The molecule has 0 radical (unpaired) electrons. The van der Waals surface area contributed by atoms with E-state index < -0.39 is 11.2 Å². The maximum atomic E-state index is 11.8. The maximum absolute atomic E-state index is 11.8. The van der Waals surface area contributed by atoms with Gasteiger partial charge in [0.15, 0.2) is 0 Å². The zero-order valence-electron chi connectivity index (χ0n) is 9.68. The van der Waals surface area contributed by atoms with E-state index in [1.165, 1.54) is 0 Å². The molecule has 0 fully saturated rings. The van der Waals surface area contributed by atoms with Gasteiger partial charge in [-0.15, -0.1) is 0 Å². The number of nitrogens with zero attached hydrogens (tertiary/aromatic N) is 2. The lowest BCUT2D eigenvalue weighted by atomic mass is 10.3. The lowest BCUT2D eigenvalue weighted by molar-refractivity contribution is 1.09. The van der Waals surface area contributed by atoms with E-state index in [4.69, 9.17) is 0 Å². The van der Waals surface area contributed by atoms with Gasteiger partial charge in [-0.25, -0.2) is 4.79 Å². The molecule has 6 nitrogen and oxygen atoms in total. The van der Waals surface area contributed by atoms with Crippen molar-refractivity contribution < 1.29 is 0 Å². The summed E-state index contributed by atoms with van der Waals surface area (Å²) in [5, 5.41) is 0.442. The molecule has 0 aliphatic rings. The number of aromatic nitrogens is 4. The van der Waals surface area contributed by atoms with E-state index in [0.29, 0.717) is 16.4 Å². The molecule has 0 unspecified atom stereocenters. The van der Waals surface area contributed by atoms with Crippen LogP contribution in [0.1, 0.15) is 0 Å². The Bertz CT molecular complexity index is 1050. The van der Waals surface area contributed by atoms with Gasteiger partial charge in [0, 0.05) is 6.20 Å². The zero-order valence-corrected chi connectivity index (χ0v) is 9.68. The fourth-order valence-electron chi connectivity index (χ4n) is 2.37. The van der Waals surface area contributed by atoms with Gasteiger partial charge < -0.3 is 9.38 Å². The lowest BCUT2D eigenvalue weighted by Gasteiger charge is -2.00. The molecule has 92 valence electrons. The third kappa shape index (κ3) is 1.28. The Morgan fingerprint density at radius 1 is 1.05 bits per heavy atom. The second-order valence-electron chi connectivity index (χ2n) is 4.33. The van der Waals surface area contributed by atoms with Crippen molar-refractivity contribution in [1.29, 1.82) is 0 Å². The molecule has 3 heterocycles. The summed E-state index contributed by atoms with van der Waals surface area (Å²) in [7, 11) is 0. The van der Waals surface area contributed by atoms with Crippen molar-refractivity contribution >= 4 is 27.5 Å². The second-order valence-corrected chi connectivity index (χ2v) is 4.33. The minimum atomic E-state index is -0.515. The van der Waals surface area contributed by atoms with Crippen LogP contribution in [0.25, 0.3) is 27.5 Å². The molecule has 1 aromatic carbocycles. The predicted octanol–water partition coefficient (Wildman–Crippen LogP) is 1.02. The topological polar surface area (TPSA) is 83.0 Å². The summed E-state index contributed by atoms with van der Waals surface area (Å²) in [6, 6.07) is 7.62. The van der Waals surface area contributed by atoms with Crippen molar-refractivity contribution in [3.05, 3.63) is 57.5 Å². The highest BCUT2D eigenvalue weighted by Crippen LogP contribution is 2.20. The van der Waals surface area contributed by atoms with Crippen molar-refractivity contribution in [2.75, 3.05) is 0 Å². The highest BCUT2D eigenvalue weighted by Gasteiger charge is 2.10. The van der Waals surface area contributed by atoms with E-state index >= 15 is 0 Å². The fraction of sp³-hybridized carbons (Fsp3) is 0. The Labute approximate surface area is 105 Å². The summed E-state index contributed by atoms with van der Waals surface area (Å²) in [6.45, 7) is 0. The molecule has 4 rings (SSSR count). The largest absolute Gasteiger partial charge is 0.326 e. The standard InChI is InChI=1S/C13H8N4O2/c18-12-7-6-17-9-4-2-1-3-8(9)14-5-10(17)11(7)15-13(19)16-12/h1-6H,(H2,15,16,18,19). The molecule has 0 bridgehead atoms. The number of hydrogen-bond donors (Lipinski definition) is 2. The quantitative estimate of drug-likeness (QED) is 0.490. The molecular formula is C13H8N4O2. The van der Waals surface area contributed by atoms with Crippen molar-refractivity contribution in [3.8, 4) is 0 Å². The monoisotopic (exact) mass is 252 g/mol. The van der Waals surface area contributed by atoms with Gasteiger partial charge in [-0.05, 0) is 12.1 Å². The van der Waals surface area contributed by atoms with E-state index in [-0.39, 0.29) is 0 Å². The summed E-state index contributed by atoms with van der Waals surface area (Å²) in [4.78, 5) is 32.4. The minimum Gasteiger partial charge on any atom is -0.311 e. The number of aromatic amines is 2.